The van der Waals surface area contributed by atoms with Gasteiger partial charge in [-0.2, -0.15) is 0 Å². The van der Waals surface area contributed by atoms with E-state index in [1.54, 1.807) is 0 Å². The zero-order valence-corrected chi connectivity index (χ0v) is 9.97. The van der Waals surface area contributed by atoms with Gasteiger partial charge >= 0.3 is 8.25 Å². The highest BCUT2D eigenvalue weighted by Crippen LogP contribution is 2.22. The van der Waals surface area contributed by atoms with Crippen LogP contribution in [0.5, 0.6) is 0 Å². The smallest absolute Gasteiger partial charge is 0.327 e. The van der Waals surface area contributed by atoms with Crippen LogP contribution in [0, 0.1) is 0 Å². The summed E-state index contributed by atoms with van der Waals surface area (Å²) in [6.45, 7) is -1.88. The first-order valence-corrected chi connectivity index (χ1v) is 5.40. The normalized spacial score (nSPS) is 9.89. The second-order valence-corrected chi connectivity index (χ2v) is 3.44. The van der Waals surface area contributed by atoms with Gasteiger partial charge in [-0.1, -0.05) is 9.05 Å². The highest BCUT2D eigenvalue weighted by atomic mass is 31.1. The number of hydroxylamine groups is 4. The third-order valence-electron chi connectivity index (χ3n) is 1.17. The molecule has 0 aliphatic carbocycles. The number of hydrogen-bond acceptors (Lipinski definition) is 9. The fraction of sp³-hybridized carbons (Fsp3) is 0.667. The van der Waals surface area contributed by atoms with Crippen LogP contribution in [0.4, 0.5) is 0 Å². The average molecular weight is 287 g/mol. The molecule has 0 radical (unpaired) electrons. The predicted octanol–water partition coefficient (Wildman–Crippen LogP) is -0.765. The molecule has 0 aliphatic heterocycles. The Bertz CT molecular complexity index is 241. The van der Waals surface area contributed by atoms with Crippen molar-refractivity contribution in [2.24, 2.45) is 0 Å². The highest BCUT2D eigenvalue weighted by molar-refractivity contribution is 7.33. The van der Waals surface area contributed by atoms with Crippen molar-refractivity contribution in [1.29, 1.82) is 0 Å². The number of carbonyl (C=O) groups is 2. The molecule has 0 heterocycles. The fourth-order valence-electron chi connectivity index (χ4n) is 0.520. The Kier molecular flexibility index (Phi) is 10.2. The summed E-state index contributed by atoms with van der Waals surface area (Å²) in [6.07, 6.45) is 0.218. The molecule has 2 amide bonds. The van der Waals surface area contributed by atoms with Gasteiger partial charge < -0.3 is 9.47 Å². The van der Waals surface area contributed by atoms with E-state index in [2.05, 4.69) is 18.5 Å². The molecule has 0 rings (SSSR count). The third kappa shape index (κ3) is 9.99. The first kappa shape index (κ1) is 16.8. The number of hydrogen-bond donors (Lipinski definition) is 2. The van der Waals surface area contributed by atoms with E-state index in [4.69, 9.17) is 10.4 Å². The van der Waals surface area contributed by atoms with Crippen molar-refractivity contribution in [3.05, 3.63) is 0 Å². The van der Waals surface area contributed by atoms with Gasteiger partial charge in [0, 0.05) is 4.57 Å². The van der Waals surface area contributed by atoms with Crippen LogP contribution in [-0.2, 0) is 32.7 Å². The van der Waals surface area contributed by atoms with Crippen molar-refractivity contribution in [2.45, 2.75) is 0 Å². The first-order valence-electron chi connectivity index (χ1n) is 4.30. The standard InChI is InChI=1S/C6H12N2O9P/c9-1-7(11)3-14-5-16-18(13)17-6-15-4-8(12)2-10/h1-2,11-12H,3-6H2/q+1. The summed E-state index contributed by atoms with van der Waals surface area (Å²) in [6, 6.07) is 0. The molecular formula is C6H12N2O9P+. The van der Waals surface area contributed by atoms with Gasteiger partial charge in [0.05, 0.1) is 0 Å². The van der Waals surface area contributed by atoms with E-state index in [1.807, 2.05) is 0 Å². The molecule has 0 bridgehead atoms. The summed E-state index contributed by atoms with van der Waals surface area (Å²) in [5.41, 5.74) is 0. The van der Waals surface area contributed by atoms with Gasteiger partial charge in [-0.25, -0.2) is 10.1 Å². The minimum absolute atomic E-state index is 0.109. The largest absolute Gasteiger partial charge is 0.702 e. The molecule has 0 aromatic rings. The van der Waals surface area contributed by atoms with E-state index in [0.29, 0.717) is 0 Å². The second-order valence-electron chi connectivity index (χ2n) is 2.47. The van der Waals surface area contributed by atoms with Gasteiger partial charge in [0.1, 0.15) is 13.5 Å². The van der Waals surface area contributed by atoms with Crippen molar-refractivity contribution < 1.29 is 43.1 Å². The third-order valence-corrected chi connectivity index (χ3v) is 1.81. The lowest BCUT2D eigenvalue weighted by Crippen LogP contribution is -2.21. The van der Waals surface area contributed by atoms with E-state index >= 15 is 0 Å². The van der Waals surface area contributed by atoms with Gasteiger partial charge in [0.2, 0.25) is 26.4 Å². The van der Waals surface area contributed by atoms with Crippen LogP contribution in [0.1, 0.15) is 0 Å². The van der Waals surface area contributed by atoms with Gasteiger partial charge in [0.25, 0.3) is 0 Å². The van der Waals surface area contributed by atoms with Gasteiger partial charge in [-0.3, -0.25) is 20.0 Å². The lowest BCUT2D eigenvalue weighted by molar-refractivity contribution is -0.184. The van der Waals surface area contributed by atoms with Crippen molar-refractivity contribution in [1.82, 2.24) is 10.1 Å². The van der Waals surface area contributed by atoms with Crippen LogP contribution < -0.4 is 0 Å². The first-order chi connectivity index (χ1) is 8.60. The Balaban J connectivity index is 3.37. The molecule has 0 spiro atoms. The van der Waals surface area contributed by atoms with E-state index in [0.717, 1.165) is 0 Å². The van der Waals surface area contributed by atoms with Crippen LogP contribution in [0.15, 0.2) is 0 Å². The molecule has 0 fully saturated rings. The molecule has 0 saturated carbocycles. The zero-order chi connectivity index (χ0) is 13.8. The molecular weight excluding hydrogens is 275 g/mol. The number of ether oxygens (including phenoxy) is 2. The van der Waals surface area contributed by atoms with Crippen molar-refractivity contribution >= 4 is 21.1 Å². The summed E-state index contributed by atoms with van der Waals surface area (Å²) in [5, 5.41) is 17.6. The monoisotopic (exact) mass is 287 g/mol. The molecule has 0 saturated heterocycles. The molecule has 12 heteroatoms. The average Bonchev–Trinajstić information content (AvgIpc) is 2.38. The molecule has 11 nitrogen and oxygen atoms in total. The quantitative estimate of drug-likeness (QED) is 0.118. The minimum atomic E-state index is -2.53. The van der Waals surface area contributed by atoms with Gasteiger partial charge in [-0.15, -0.1) is 0 Å². The van der Waals surface area contributed by atoms with Crippen molar-refractivity contribution in [3.63, 3.8) is 0 Å². The van der Waals surface area contributed by atoms with E-state index in [-0.39, 0.29) is 22.9 Å². The van der Waals surface area contributed by atoms with Crippen molar-refractivity contribution in [3.8, 4) is 0 Å². The SMILES string of the molecule is O=CN(O)COCO[P+](=O)OCOCN(O)C=O. The van der Waals surface area contributed by atoms with Gasteiger partial charge in [0.15, 0.2) is 0 Å². The minimum Gasteiger partial charge on any atom is -0.327 e. The second kappa shape index (κ2) is 10.9. The zero-order valence-electron chi connectivity index (χ0n) is 9.08. The Hall–Kier alpha value is -1.20. The Labute approximate surface area is 102 Å². The molecule has 0 aromatic carbocycles. The topological polar surface area (TPSA) is 135 Å². The maximum absolute atomic E-state index is 10.9. The molecule has 2 N–H and O–H groups in total. The van der Waals surface area contributed by atoms with Crippen LogP contribution in [0.25, 0.3) is 0 Å². The lowest BCUT2D eigenvalue weighted by atomic mass is 11.1. The van der Waals surface area contributed by atoms with E-state index in [1.165, 1.54) is 0 Å². The van der Waals surface area contributed by atoms with Crippen LogP contribution in [-0.4, -0.2) is 60.4 Å². The van der Waals surface area contributed by atoms with Crippen LogP contribution >= 0.6 is 8.25 Å². The fourth-order valence-corrected chi connectivity index (χ4v) is 0.916. The Morgan fingerprint density at radius 2 is 1.33 bits per heavy atom. The summed E-state index contributed by atoms with van der Waals surface area (Å²) in [4.78, 5) is 19.8. The van der Waals surface area contributed by atoms with Crippen LogP contribution in [0.3, 0.4) is 0 Å². The Morgan fingerprint density at radius 1 is 0.944 bits per heavy atom. The number of nitrogens with zero attached hydrogens (tertiary/aromatic N) is 2. The summed E-state index contributed by atoms with van der Waals surface area (Å²) in [5.74, 6) is 0. The molecule has 104 valence electrons. The highest BCUT2D eigenvalue weighted by Gasteiger charge is 2.20. The number of rotatable bonds is 12. The van der Waals surface area contributed by atoms with E-state index < -0.39 is 35.3 Å². The van der Waals surface area contributed by atoms with E-state index in [9.17, 15) is 14.2 Å². The molecule has 0 atom stereocenters. The summed E-state index contributed by atoms with van der Waals surface area (Å²) >= 11 is 0. The van der Waals surface area contributed by atoms with Crippen LogP contribution in [0.2, 0.25) is 0 Å². The molecule has 0 aromatic heterocycles. The maximum atomic E-state index is 10.9. The number of amides is 2. The molecule has 0 aliphatic rings. The summed E-state index contributed by atoms with van der Waals surface area (Å²) < 4.78 is 28.9. The number of carbonyl (C=O) groups excluding carboxylic acids is 2. The maximum Gasteiger partial charge on any atom is 0.702 e. The Morgan fingerprint density at radius 3 is 1.67 bits per heavy atom. The van der Waals surface area contributed by atoms with Crippen molar-refractivity contribution in [2.75, 3.05) is 27.0 Å². The molecule has 18 heavy (non-hydrogen) atoms. The summed E-state index contributed by atoms with van der Waals surface area (Å²) in [7, 11) is -2.53. The predicted molar refractivity (Wildman–Crippen MR) is 50.8 cm³/mol. The lowest BCUT2D eigenvalue weighted by Gasteiger charge is -2.06. The molecule has 0 unspecified atom stereocenters. The van der Waals surface area contributed by atoms with Gasteiger partial charge in [-0.05, 0) is 0 Å².